The number of hydrogen-bond acceptors (Lipinski definition) is 4. The maximum atomic E-state index is 12.9. The zero-order valence-corrected chi connectivity index (χ0v) is 19.6. The van der Waals surface area contributed by atoms with Crippen LogP contribution >= 0.6 is 0 Å². The SMILES string of the molecule is CCOC(=O)c1c(C)n(Cc2ccccc2)c2ccc(NS(=O)(=O)c3ccc(C)cc3)cc12. The smallest absolute Gasteiger partial charge is 0.340 e. The fourth-order valence-corrected chi connectivity index (χ4v) is 4.96. The Balaban J connectivity index is 1.79. The number of hydrogen-bond donors (Lipinski definition) is 1. The number of esters is 1. The van der Waals surface area contributed by atoms with Gasteiger partial charge in [0.2, 0.25) is 0 Å². The number of anilines is 1. The molecule has 0 bridgehead atoms. The molecule has 0 spiro atoms. The lowest BCUT2D eigenvalue weighted by molar-refractivity contribution is 0.0527. The minimum absolute atomic E-state index is 0.177. The van der Waals surface area contributed by atoms with Crippen molar-refractivity contribution < 1.29 is 17.9 Å². The van der Waals surface area contributed by atoms with E-state index in [4.69, 9.17) is 4.74 Å². The quantitative estimate of drug-likeness (QED) is 0.379. The maximum absolute atomic E-state index is 12.9. The van der Waals surface area contributed by atoms with Crippen LogP contribution in [-0.4, -0.2) is 25.6 Å². The third-order valence-electron chi connectivity index (χ3n) is 5.57. The van der Waals surface area contributed by atoms with E-state index in [-0.39, 0.29) is 11.5 Å². The van der Waals surface area contributed by atoms with E-state index in [1.807, 2.05) is 50.2 Å². The molecule has 0 unspecified atom stereocenters. The molecule has 0 saturated carbocycles. The average molecular weight is 463 g/mol. The highest BCUT2D eigenvalue weighted by Gasteiger charge is 2.22. The van der Waals surface area contributed by atoms with Crippen LogP contribution < -0.4 is 4.72 Å². The third kappa shape index (κ3) is 4.64. The average Bonchev–Trinajstić information content (AvgIpc) is 3.05. The summed E-state index contributed by atoms with van der Waals surface area (Å²) in [5, 5.41) is 0.644. The summed E-state index contributed by atoms with van der Waals surface area (Å²) in [4.78, 5) is 13.0. The minimum atomic E-state index is -3.77. The first-order chi connectivity index (χ1) is 15.8. The molecular formula is C26H26N2O4S. The summed E-state index contributed by atoms with van der Waals surface area (Å²) in [6, 6.07) is 21.8. The summed E-state index contributed by atoms with van der Waals surface area (Å²) in [5.41, 5.74) is 4.50. The van der Waals surface area contributed by atoms with Crippen molar-refractivity contribution in [3.63, 3.8) is 0 Å². The molecule has 0 fully saturated rings. The van der Waals surface area contributed by atoms with Gasteiger partial charge in [-0.3, -0.25) is 4.72 Å². The van der Waals surface area contributed by atoms with Crippen LogP contribution in [0.15, 0.2) is 77.7 Å². The Morgan fingerprint density at radius 2 is 1.67 bits per heavy atom. The molecule has 7 heteroatoms. The molecule has 0 aliphatic heterocycles. The van der Waals surface area contributed by atoms with E-state index in [9.17, 15) is 13.2 Å². The summed E-state index contributed by atoms with van der Waals surface area (Å²) in [7, 11) is -3.77. The number of carbonyl (C=O) groups excluding carboxylic acids is 1. The normalized spacial score (nSPS) is 11.5. The Hall–Kier alpha value is -3.58. The van der Waals surface area contributed by atoms with Gasteiger partial charge >= 0.3 is 5.97 Å². The molecule has 0 aliphatic carbocycles. The number of benzene rings is 3. The van der Waals surface area contributed by atoms with Crippen LogP contribution in [0.5, 0.6) is 0 Å². The minimum Gasteiger partial charge on any atom is -0.462 e. The van der Waals surface area contributed by atoms with Crippen molar-refractivity contribution in [3.8, 4) is 0 Å². The van der Waals surface area contributed by atoms with Crippen molar-refractivity contribution in [1.29, 1.82) is 0 Å². The van der Waals surface area contributed by atoms with Gasteiger partial charge in [0.15, 0.2) is 0 Å². The van der Waals surface area contributed by atoms with E-state index >= 15 is 0 Å². The number of nitrogens with one attached hydrogen (secondary N) is 1. The number of sulfonamides is 1. The van der Waals surface area contributed by atoms with E-state index in [2.05, 4.69) is 9.29 Å². The molecule has 0 amide bonds. The van der Waals surface area contributed by atoms with Crippen LogP contribution in [0.3, 0.4) is 0 Å². The lowest BCUT2D eigenvalue weighted by atomic mass is 10.1. The predicted molar refractivity (Wildman–Crippen MR) is 130 cm³/mol. The van der Waals surface area contributed by atoms with Crippen LogP contribution in [0.25, 0.3) is 10.9 Å². The first kappa shape index (κ1) is 22.6. The second-order valence-corrected chi connectivity index (χ2v) is 9.59. The number of rotatable bonds is 7. The van der Waals surface area contributed by atoms with Gasteiger partial charge in [0.25, 0.3) is 10.0 Å². The van der Waals surface area contributed by atoms with Crippen LogP contribution in [0.4, 0.5) is 5.69 Å². The molecule has 4 aromatic rings. The van der Waals surface area contributed by atoms with Gasteiger partial charge in [-0.2, -0.15) is 0 Å². The molecule has 4 rings (SSSR count). The first-order valence-corrected chi connectivity index (χ1v) is 12.2. The summed E-state index contributed by atoms with van der Waals surface area (Å²) in [6.07, 6.45) is 0. The molecule has 170 valence electrons. The maximum Gasteiger partial charge on any atom is 0.340 e. The number of nitrogens with zero attached hydrogens (tertiary/aromatic N) is 1. The molecule has 0 atom stereocenters. The van der Waals surface area contributed by atoms with Gasteiger partial charge in [-0.25, -0.2) is 13.2 Å². The van der Waals surface area contributed by atoms with Crippen LogP contribution in [-0.2, 0) is 21.3 Å². The lowest BCUT2D eigenvalue weighted by Crippen LogP contribution is -2.13. The van der Waals surface area contributed by atoms with Crippen LogP contribution in [0.1, 0.15) is 34.1 Å². The van der Waals surface area contributed by atoms with Crippen molar-refractivity contribution in [1.82, 2.24) is 4.57 Å². The Morgan fingerprint density at radius 3 is 2.33 bits per heavy atom. The largest absolute Gasteiger partial charge is 0.462 e. The fourth-order valence-electron chi connectivity index (χ4n) is 3.91. The second-order valence-electron chi connectivity index (χ2n) is 7.90. The number of aromatic nitrogens is 1. The summed E-state index contributed by atoms with van der Waals surface area (Å²) in [6.45, 7) is 6.38. The molecule has 1 heterocycles. The lowest BCUT2D eigenvalue weighted by Gasteiger charge is -2.10. The van der Waals surface area contributed by atoms with Crippen molar-refractivity contribution in [2.24, 2.45) is 0 Å². The van der Waals surface area contributed by atoms with Crippen molar-refractivity contribution in [2.75, 3.05) is 11.3 Å². The highest BCUT2D eigenvalue weighted by Crippen LogP contribution is 2.31. The Kier molecular flexibility index (Phi) is 6.24. The summed E-state index contributed by atoms with van der Waals surface area (Å²) >= 11 is 0. The van der Waals surface area contributed by atoms with Gasteiger partial charge in [-0.15, -0.1) is 0 Å². The molecule has 1 aromatic heterocycles. The Morgan fingerprint density at radius 1 is 0.970 bits per heavy atom. The number of carbonyl (C=O) groups is 1. The number of aryl methyl sites for hydroxylation is 1. The summed E-state index contributed by atoms with van der Waals surface area (Å²) in [5.74, 6) is -0.426. The zero-order chi connectivity index (χ0) is 23.6. The fraction of sp³-hybridized carbons (Fsp3) is 0.192. The van der Waals surface area contributed by atoms with Gasteiger partial charge in [-0.05, 0) is 56.7 Å². The van der Waals surface area contributed by atoms with Gasteiger partial charge in [-0.1, -0.05) is 48.0 Å². The van der Waals surface area contributed by atoms with E-state index in [1.54, 1.807) is 43.3 Å². The number of fused-ring (bicyclic) bond motifs is 1. The second kappa shape index (κ2) is 9.11. The molecule has 1 N–H and O–H groups in total. The molecular weight excluding hydrogens is 436 g/mol. The van der Waals surface area contributed by atoms with Crippen molar-refractivity contribution in [3.05, 3.63) is 95.2 Å². The highest BCUT2D eigenvalue weighted by molar-refractivity contribution is 7.92. The van der Waals surface area contributed by atoms with Gasteiger partial charge in [0.1, 0.15) is 0 Å². The predicted octanol–water partition coefficient (Wildman–Crippen LogP) is 5.28. The molecule has 3 aromatic carbocycles. The van der Waals surface area contributed by atoms with Crippen LogP contribution in [0, 0.1) is 13.8 Å². The van der Waals surface area contributed by atoms with Crippen molar-refractivity contribution in [2.45, 2.75) is 32.2 Å². The van der Waals surface area contributed by atoms with Crippen molar-refractivity contribution >= 4 is 32.6 Å². The number of ether oxygens (including phenoxy) is 1. The first-order valence-electron chi connectivity index (χ1n) is 10.7. The monoisotopic (exact) mass is 462 g/mol. The zero-order valence-electron chi connectivity index (χ0n) is 18.8. The van der Waals surface area contributed by atoms with E-state index in [0.29, 0.717) is 23.2 Å². The van der Waals surface area contributed by atoms with E-state index < -0.39 is 16.0 Å². The molecule has 0 radical (unpaired) electrons. The van der Waals surface area contributed by atoms with Gasteiger partial charge in [0.05, 0.1) is 17.1 Å². The molecule has 0 aliphatic rings. The van der Waals surface area contributed by atoms with Crippen LogP contribution in [0.2, 0.25) is 0 Å². The molecule has 0 saturated heterocycles. The standard InChI is InChI=1S/C26H26N2O4S/c1-4-32-26(29)25-19(3)28(17-20-8-6-5-7-9-20)24-15-12-21(16-23(24)25)27-33(30,31)22-13-10-18(2)11-14-22/h5-16,27H,4,17H2,1-3H3. The topological polar surface area (TPSA) is 77.4 Å². The highest BCUT2D eigenvalue weighted by atomic mass is 32.2. The van der Waals surface area contributed by atoms with Gasteiger partial charge in [0, 0.05) is 28.8 Å². The Bertz CT molecular complexity index is 1410. The molecule has 33 heavy (non-hydrogen) atoms. The van der Waals surface area contributed by atoms with Gasteiger partial charge < -0.3 is 9.30 Å². The Labute approximate surface area is 193 Å². The molecule has 6 nitrogen and oxygen atoms in total. The van der Waals surface area contributed by atoms with E-state index in [0.717, 1.165) is 22.3 Å². The van der Waals surface area contributed by atoms with E-state index in [1.165, 1.54) is 0 Å². The third-order valence-corrected chi connectivity index (χ3v) is 6.97. The summed E-state index contributed by atoms with van der Waals surface area (Å²) < 4.78 is 35.7.